The standard InChI is InChI=1S/C18H18F2N2OS/c19-13-9-12(10-14(20)11-13)17(24-15-5-1-2-6-15)18(23)22-16-7-3-4-8-21-16/h3-4,7-11,15,17H,1-2,5-6H2,(H,21,22,23). The first kappa shape index (κ1) is 16.9. The second-order valence-corrected chi connectivity index (χ2v) is 7.24. The Hall–Kier alpha value is -1.95. The van der Waals surface area contributed by atoms with Crippen molar-refractivity contribution in [3.63, 3.8) is 0 Å². The third kappa shape index (κ3) is 4.32. The number of anilines is 1. The average molecular weight is 348 g/mol. The quantitative estimate of drug-likeness (QED) is 0.850. The van der Waals surface area contributed by atoms with Gasteiger partial charge in [0.25, 0.3) is 0 Å². The van der Waals surface area contributed by atoms with Crippen molar-refractivity contribution in [2.24, 2.45) is 0 Å². The zero-order chi connectivity index (χ0) is 16.9. The molecule has 0 radical (unpaired) electrons. The van der Waals surface area contributed by atoms with Gasteiger partial charge in [0, 0.05) is 17.5 Å². The molecule has 126 valence electrons. The predicted molar refractivity (Wildman–Crippen MR) is 91.8 cm³/mol. The zero-order valence-electron chi connectivity index (χ0n) is 13.0. The summed E-state index contributed by atoms with van der Waals surface area (Å²) in [4.78, 5) is 16.8. The Balaban J connectivity index is 1.84. The van der Waals surface area contributed by atoms with E-state index in [2.05, 4.69) is 10.3 Å². The van der Waals surface area contributed by atoms with Crippen LogP contribution in [0.1, 0.15) is 36.5 Å². The number of rotatable bonds is 5. The van der Waals surface area contributed by atoms with Crippen molar-refractivity contribution < 1.29 is 13.6 Å². The molecule has 1 heterocycles. The maximum atomic E-state index is 13.6. The smallest absolute Gasteiger partial charge is 0.243 e. The Morgan fingerprint density at radius 2 is 1.88 bits per heavy atom. The third-order valence-corrected chi connectivity index (χ3v) is 5.59. The van der Waals surface area contributed by atoms with E-state index in [1.165, 1.54) is 23.9 Å². The van der Waals surface area contributed by atoms with E-state index in [1.54, 1.807) is 24.4 Å². The molecule has 6 heteroatoms. The van der Waals surface area contributed by atoms with Crippen LogP contribution in [-0.4, -0.2) is 16.1 Å². The molecule has 1 amide bonds. The molecule has 24 heavy (non-hydrogen) atoms. The van der Waals surface area contributed by atoms with Crippen molar-refractivity contribution in [2.45, 2.75) is 36.2 Å². The molecular formula is C18H18F2N2OS. The van der Waals surface area contributed by atoms with Gasteiger partial charge in [0.15, 0.2) is 0 Å². The topological polar surface area (TPSA) is 42.0 Å². The lowest BCUT2D eigenvalue weighted by Crippen LogP contribution is -2.21. The Labute approximate surface area is 143 Å². The first-order valence-electron chi connectivity index (χ1n) is 7.95. The van der Waals surface area contributed by atoms with Gasteiger partial charge in [0.2, 0.25) is 5.91 Å². The Morgan fingerprint density at radius 1 is 1.17 bits per heavy atom. The normalized spacial score (nSPS) is 16.1. The molecule has 0 spiro atoms. The molecule has 1 aromatic heterocycles. The van der Waals surface area contributed by atoms with Crippen LogP contribution in [-0.2, 0) is 4.79 Å². The fourth-order valence-corrected chi connectivity index (χ4v) is 4.33. The molecule has 1 atom stereocenters. The Kier molecular flexibility index (Phi) is 5.45. The van der Waals surface area contributed by atoms with Crippen molar-refractivity contribution in [2.75, 3.05) is 5.32 Å². The van der Waals surface area contributed by atoms with Crippen LogP contribution in [0, 0.1) is 11.6 Å². The van der Waals surface area contributed by atoms with Crippen LogP contribution in [0.5, 0.6) is 0 Å². The SMILES string of the molecule is O=C(Nc1ccccn1)C(SC1CCCC1)c1cc(F)cc(F)c1. The van der Waals surface area contributed by atoms with Crippen LogP contribution >= 0.6 is 11.8 Å². The zero-order valence-corrected chi connectivity index (χ0v) is 13.9. The van der Waals surface area contributed by atoms with Gasteiger partial charge in [-0.2, -0.15) is 0 Å². The summed E-state index contributed by atoms with van der Waals surface area (Å²) in [7, 11) is 0. The third-order valence-electron chi connectivity index (χ3n) is 3.97. The van der Waals surface area contributed by atoms with Crippen LogP contribution in [0.25, 0.3) is 0 Å². The second-order valence-electron chi connectivity index (χ2n) is 5.83. The molecule has 1 unspecified atom stereocenters. The van der Waals surface area contributed by atoms with Crippen molar-refractivity contribution in [1.82, 2.24) is 4.98 Å². The van der Waals surface area contributed by atoms with Gasteiger partial charge in [0.1, 0.15) is 22.7 Å². The molecule has 1 N–H and O–H groups in total. The van der Waals surface area contributed by atoms with E-state index >= 15 is 0 Å². The highest BCUT2D eigenvalue weighted by Gasteiger charge is 2.28. The number of hydrogen-bond acceptors (Lipinski definition) is 3. The number of halogens is 2. The first-order valence-corrected chi connectivity index (χ1v) is 8.89. The van der Waals surface area contributed by atoms with E-state index < -0.39 is 16.9 Å². The Bertz CT molecular complexity index is 685. The summed E-state index contributed by atoms with van der Waals surface area (Å²) in [5.74, 6) is -1.23. The summed E-state index contributed by atoms with van der Waals surface area (Å²) in [6.07, 6.45) is 5.88. The van der Waals surface area contributed by atoms with Crippen LogP contribution in [0.4, 0.5) is 14.6 Å². The number of carbonyl (C=O) groups excluding carboxylic acids is 1. The number of thioether (sulfide) groups is 1. The molecule has 3 nitrogen and oxygen atoms in total. The number of nitrogens with zero attached hydrogens (tertiary/aromatic N) is 1. The van der Waals surface area contributed by atoms with Crippen molar-refractivity contribution in [1.29, 1.82) is 0 Å². The van der Waals surface area contributed by atoms with Gasteiger partial charge in [-0.15, -0.1) is 11.8 Å². The number of pyridine rings is 1. The molecule has 0 bridgehead atoms. The fourth-order valence-electron chi connectivity index (χ4n) is 2.86. The molecule has 1 aromatic carbocycles. The number of amides is 1. The molecule has 1 aliphatic carbocycles. The van der Waals surface area contributed by atoms with E-state index in [4.69, 9.17) is 0 Å². The summed E-state index contributed by atoms with van der Waals surface area (Å²) in [5.41, 5.74) is 0.345. The van der Waals surface area contributed by atoms with Gasteiger partial charge in [-0.1, -0.05) is 18.9 Å². The molecule has 0 aliphatic heterocycles. The summed E-state index contributed by atoms with van der Waals surface area (Å²) in [6.45, 7) is 0. The molecule has 3 rings (SSSR count). The van der Waals surface area contributed by atoms with E-state index in [0.29, 0.717) is 16.6 Å². The van der Waals surface area contributed by atoms with Gasteiger partial charge >= 0.3 is 0 Å². The van der Waals surface area contributed by atoms with Gasteiger partial charge in [-0.3, -0.25) is 4.79 Å². The molecule has 1 saturated carbocycles. The Morgan fingerprint density at radius 3 is 2.50 bits per heavy atom. The largest absolute Gasteiger partial charge is 0.309 e. The molecular weight excluding hydrogens is 330 g/mol. The van der Waals surface area contributed by atoms with Crippen LogP contribution in [0.2, 0.25) is 0 Å². The lowest BCUT2D eigenvalue weighted by atomic mass is 10.1. The maximum absolute atomic E-state index is 13.6. The van der Waals surface area contributed by atoms with E-state index in [9.17, 15) is 13.6 Å². The summed E-state index contributed by atoms with van der Waals surface area (Å²) >= 11 is 1.48. The lowest BCUT2D eigenvalue weighted by Gasteiger charge is -2.20. The minimum absolute atomic E-state index is 0.310. The number of nitrogens with one attached hydrogen (secondary N) is 1. The van der Waals surface area contributed by atoms with Crippen molar-refractivity contribution in [3.05, 3.63) is 59.8 Å². The van der Waals surface area contributed by atoms with Crippen LogP contribution in [0.3, 0.4) is 0 Å². The van der Waals surface area contributed by atoms with Gasteiger partial charge in [-0.25, -0.2) is 13.8 Å². The molecule has 1 aliphatic rings. The highest BCUT2D eigenvalue weighted by atomic mass is 32.2. The van der Waals surface area contributed by atoms with Crippen molar-refractivity contribution >= 4 is 23.5 Å². The van der Waals surface area contributed by atoms with Crippen LogP contribution < -0.4 is 5.32 Å². The second kappa shape index (κ2) is 7.75. The minimum Gasteiger partial charge on any atom is -0.309 e. The fraction of sp³-hybridized carbons (Fsp3) is 0.333. The van der Waals surface area contributed by atoms with E-state index in [0.717, 1.165) is 31.7 Å². The molecule has 2 aromatic rings. The van der Waals surface area contributed by atoms with Gasteiger partial charge < -0.3 is 5.32 Å². The summed E-state index contributed by atoms with van der Waals surface area (Å²) in [5, 5.41) is 2.40. The number of benzene rings is 1. The minimum atomic E-state index is -0.673. The van der Waals surface area contributed by atoms with Crippen molar-refractivity contribution in [3.8, 4) is 0 Å². The first-order chi connectivity index (χ1) is 11.6. The van der Waals surface area contributed by atoms with Crippen LogP contribution in [0.15, 0.2) is 42.6 Å². The van der Waals surface area contributed by atoms with Gasteiger partial charge in [-0.05, 0) is 42.7 Å². The monoisotopic (exact) mass is 348 g/mol. The van der Waals surface area contributed by atoms with Gasteiger partial charge in [0.05, 0.1) is 0 Å². The molecule has 0 saturated heterocycles. The predicted octanol–water partition coefficient (Wildman–Crippen LogP) is 4.72. The number of hydrogen-bond donors (Lipinski definition) is 1. The molecule has 1 fully saturated rings. The highest BCUT2D eigenvalue weighted by Crippen LogP contribution is 2.40. The van der Waals surface area contributed by atoms with E-state index in [1.807, 2.05) is 0 Å². The average Bonchev–Trinajstić information content (AvgIpc) is 3.05. The maximum Gasteiger partial charge on any atom is 0.243 e. The lowest BCUT2D eigenvalue weighted by molar-refractivity contribution is -0.115. The number of aromatic nitrogens is 1. The highest BCUT2D eigenvalue weighted by molar-refractivity contribution is 8.00. The summed E-state index contributed by atoms with van der Waals surface area (Å²) < 4.78 is 27.2. The summed E-state index contributed by atoms with van der Waals surface area (Å²) in [6, 6.07) is 8.48. The van der Waals surface area contributed by atoms with E-state index in [-0.39, 0.29) is 5.91 Å². The number of carbonyl (C=O) groups is 1.